The Balaban J connectivity index is 2.46. The van der Waals surface area contributed by atoms with Gasteiger partial charge in [-0.3, -0.25) is 4.79 Å². The number of amides is 1. The van der Waals surface area contributed by atoms with Crippen LogP contribution in [0.5, 0.6) is 0 Å². The van der Waals surface area contributed by atoms with Crippen LogP contribution in [0.1, 0.15) is 15.2 Å². The number of carbonyl (C=O) groups is 1. The molecule has 0 fully saturated rings. The second kappa shape index (κ2) is 4.56. The monoisotopic (exact) mass is 247 g/mol. The number of aryl methyl sites for hydroxylation is 1. The quantitative estimate of drug-likeness (QED) is 0.812. The van der Waals surface area contributed by atoms with Crippen molar-refractivity contribution in [3.63, 3.8) is 0 Å². The standard InChI is InChI=1S/C13H10FNOS/c1-3-6-15-13(16)12-8(2)10-7-9(14)4-5-11(10)17-12/h1,4-5,7H,6H2,2H3,(H,15,16). The van der Waals surface area contributed by atoms with E-state index < -0.39 is 0 Å². The van der Waals surface area contributed by atoms with E-state index in [9.17, 15) is 9.18 Å². The number of hydrogen-bond donors (Lipinski definition) is 1. The zero-order valence-electron chi connectivity index (χ0n) is 9.21. The summed E-state index contributed by atoms with van der Waals surface area (Å²) >= 11 is 1.34. The van der Waals surface area contributed by atoms with Gasteiger partial charge in [-0.2, -0.15) is 0 Å². The van der Waals surface area contributed by atoms with Gasteiger partial charge < -0.3 is 5.32 Å². The first kappa shape index (κ1) is 11.6. The third-order valence-electron chi connectivity index (χ3n) is 2.46. The second-order valence-corrected chi connectivity index (χ2v) is 4.64. The minimum absolute atomic E-state index is 0.195. The molecule has 2 aromatic rings. The van der Waals surface area contributed by atoms with E-state index in [-0.39, 0.29) is 18.3 Å². The van der Waals surface area contributed by atoms with Crippen LogP contribution >= 0.6 is 11.3 Å². The van der Waals surface area contributed by atoms with Gasteiger partial charge in [0.25, 0.3) is 5.91 Å². The van der Waals surface area contributed by atoms with Gasteiger partial charge in [-0.25, -0.2) is 4.39 Å². The molecule has 0 radical (unpaired) electrons. The maximum Gasteiger partial charge on any atom is 0.262 e. The summed E-state index contributed by atoms with van der Waals surface area (Å²) < 4.78 is 14.0. The summed E-state index contributed by atoms with van der Waals surface area (Å²) in [7, 11) is 0. The number of hydrogen-bond acceptors (Lipinski definition) is 2. The largest absolute Gasteiger partial charge is 0.340 e. The van der Waals surface area contributed by atoms with Crippen molar-refractivity contribution < 1.29 is 9.18 Å². The Morgan fingerprint density at radius 1 is 1.59 bits per heavy atom. The fourth-order valence-corrected chi connectivity index (χ4v) is 2.73. The number of fused-ring (bicyclic) bond motifs is 1. The summed E-state index contributed by atoms with van der Waals surface area (Å²) in [4.78, 5) is 12.4. The molecule has 1 aromatic carbocycles. The molecule has 0 spiro atoms. The zero-order valence-corrected chi connectivity index (χ0v) is 10.0. The van der Waals surface area contributed by atoms with E-state index >= 15 is 0 Å². The molecule has 2 nitrogen and oxygen atoms in total. The lowest BCUT2D eigenvalue weighted by Gasteiger charge is -1.99. The first-order valence-electron chi connectivity index (χ1n) is 5.04. The smallest absolute Gasteiger partial charge is 0.262 e. The summed E-state index contributed by atoms with van der Waals surface area (Å²) in [5.74, 6) is 1.84. The average molecular weight is 247 g/mol. The lowest BCUT2D eigenvalue weighted by atomic mass is 10.1. The van der Waals surface area contributed by atoms with Crippen LogP contribution < -0.4 is 5.32 Å². The van der Waals surface area contributed by atoms with Crippen molar-refractivity contribution in [2.75, 3.05) is 6.54 Å². The molecule has 0 unspecified atom stereocenters. The van der Waals surface area contributed by atoms with Gasteiger partial charge in [0.15, 0.2) is 0 Å². The second-order valence-electron chi connectivity index (χ2n) is 3.58. The molecule has 1 aromatic heterocycles. The van der Waals surface area contributed by atoms with E-state index in [2.05, 4.69) is 11.2 Å². The van der Waals surface area contributed by atoms with Crippen molar-refractivity contribution in [2.24, 2.45) is 0 Å². The van der Waals surface area contributed by atoms with Crippen LogP contribution in [0.3, 0.4) is 0 Å². The number of rotatable bonds is 2. The van der Waals surface area contributed by atoms with Gasteiger partial charge >= 0.3 is 0 Å². The van der Waals surface area contributed by atoms with Crippen LogP contribution in [0.2, 0.25) is 0 Å². The highest BCUT2D eigenvalue weighted by Gasteiger charge is 2.15. The zero-order chi connectivity index (χ0) is 12.4. The van der Waals surface area contributed by atoms with E-state index in [0.717, 1.165) is 15.6 Å². The van der Waals surface area contributed by atoms with Gasteiger partial charge in [0, 0.05) is 4.70 Å². The molecule has 0 saturated heterocycles. The van der Waals surface area contributed by atoms with Crippen LogP contribution in [-0.4, -0.2) is 12.5 Å². The predicted octanol–water partition coefficient (Wildman–Crippen LogP) is 2.71. The molecule has 0 aliphatic rings. The Labute approximate surface area is 102 Å². The average Bonchev–Trinajstić information content (AvgIpc) is 2.64. The van der Waals surface area contributed by atoms with E-state index in [1.54, 1.807) is 6.07 Å². The number of terminal acetylenes is 1. The highest BCUT2D eigenvalue weighted by molar-refractivity contribution is 7.21. The van der Waals surface area contributed by atoms with Crippen LogP contribution in [0.15, 0.2) is 18.2 Å². The Morgan fingerprint density at radius 2 is 2.35 bits per heavy atom. The minimum atomic E-state index is -0.297. The lowest BCUT2D eigenvalue weighted by Crippen LogP contribution is -2.23. The Kier molecular flexibility index (Phi) is 3.12. The van der Waals surface area contributed by atoms with E-state index in [4.69, 9.17) is 6.42 Å². The maximum absolute atomic E-state index is 13.1. The first-order valence-corrected chi connectivity index (χ1v) is 5.85. The van der Waals surface area contributed by atoms with Gasteiger partial charge in [-0.1, -0.05) is 5.92 Å². The van der Waals surface area contributed by atoms with Gasteiger partial charge in [-0.05, 0) is 36.1 Å². The molecule has 0 saturated carbocycles. The minimum Gasteiger partial charge on any atom is -0.340 e. The third kappa shape index (κ3) is 2.15. The molecule has 0 atom stereocenters. The van der Waals surface area contributed by atoms with Crippen LogP contribution in [0, 0.1) is 25.1 Å². The van der Waals surface area contributed by atoms with Crippen molar-refractivity contribution in [3.05, 3.63) is 34.5 Å². The molecule has 17 heavy (non-hydrogen) atoms. The van der Waals surface area contributed by atoms with Crippen molar-refractivity contribution in [1.82, 2.24) is 5.32 Å². The summed E-state index contributed by atoms with van der Waals surface area (Å²) in [6, 6.07) is 4.51. The summed E-state index contributed by atoms with van der Waals surface area (Å²) in [5.41, 5.74) is 0.791. The molecular formula is C13H10FNOS. The molecule has 1 heterocycles. The Morgan fingerprint density at radius 3 is 3.06 bits per heavy atom. The molecule has 1 N–H and O–H groups in total. The Hall–Kier alpha value is -1.86. The predicted molar refractivity (Wildman–Crippen MR) is 67.7 cm³/mol. The van der Waals surface area contributed by atoms with Gasteiger partial charge in [0.05, 0.1) is 11.4 Å². The maximum atomic E-state index is 13.1. The summed E-state index contributed by atoms with van der Waals surface area (Å²) in [5, 5.41) is 3.39. The van der Waals surface area contributed by atoms with Crippen LogP contribution in [0.25, 0.3) is 10.1 Å². The summed E-state index contributed by atoms with van der Waals surface area (Å²) in [6.07, 6.45) is 5.08. The third-order valence-corrected chi connectivity index (χ3v) is 3.73. The van der Waals surface area contributed by atoms with Gasteiger partial charge in [0.1, 0.15) is 5.82 Å². The highest BCUT2D eigenvalue weighted by atomic mass is 32.1. The van der Waals surface area contributed by atoms with Crippen LogP contribution in [0.4, 0.5) is 4.39 Å². The first-order chi connectivity index (χ1) is 8.13. The molecule has 0 aliphatic carbocycles. The molecule has 1 amide bonds. The normalized spacial score (nSPS) is 10.2. The number of nitrogens with one attached hydrogen (secondary N) is 1. The molecular weight excluding hydrogens is 237 g/mol. The van der Waals surface area contributed by atoms with Gasteiger partial charge in [0.2, 0.25) is 0 Å². The fourth-order valence-electron chi connectivity index (χ4n) is 1.62. The summed E-state index contributed by atoms with van der Waals surface area (Å²) in [6.45, 7) is 2.00. The molecule has 0 bridgehead atoms. The number of benzene rings is 1. The van der Waals surface area contributed by atoms with Gasteiger partial charge in [-0.15, -0.1) is 17.8 Å². The van der Waals surface area contributed by atoms with E-state index in [1.165, 1.54) is 23.5 Å². The molecule has 2 rings (SSSR count). The number of thiophene rings is 1. The van der Waals surface area contributed by atoms with E-state index in [1.807, 2.05) is 6.92 Å². The fraction of sp³-hybridized carbons (Fsp3) is 0.154. The number of carbonyl (C=O) groups excluding carboxylic acids is 1. The molecule has 4 heteroatoms. The van der Waals surface area contributed by atoms with E-state index in [0.29, 0.717) is 4.88 Å². The van der Waals surface area contributed by atoms with Crippen molar-refractivity contribution in [3.8, 4) is 12.3 Å². The Bertz CT molecular complexity index is 624. The topological polar surface area (TPSA) is 29.1 Å². The lowest BCUT2D eigenvalue weighted by molar-refractivity contribution is 0.0962. The molecule has 86 valence electrons. The van der Waals surface area contributed by atoms with Crippen LogP contribution in [-0.2, 0) is 0 Å². The van der Waals surface area contributed by atoms with Crippen molar-refractivity contribution in [2.45, 2.75) is 6.92 Å². The van der Waals surface area contributed by atoms with Crippen molar-refractivity contribution >= 4 is 27.3 Å². The highest BCUT2D eigenvalue weighted by Crippen LogP contribution is 2.31. The SMILES string of the molecule is C#CCNC(=O)c1sc2ccc(F)cc2c1C. The molecule has 0 aliphatic heterocycles. The van der Waals surface area contributed by atoms with Crippen molar-refractivity contribution in [1.29, 1.82) is 0 Å². The number of halogens is 1.